The third-order valence-electron chi connectivity index (χ3n) is 5.07. The van der Waals surface area contributed by atoms with Crippen LogP contribution in [0.15, 0.2) is 66.5 Å². The van der Waals surface area contributed by atoms with Gasteiger partial charge >= 0.3 is 6.03 Å². The van der Waals surface area contributed by atoms with Gasteiger partial charge in [-0.05, 0) is 42.3 Å². The standard InChI is InChI=1S/C22H20FN5O2/c1-13-16(19-10-11-24-27-19)4-3-5-18(13)25-21(29)17-12-28(2)22(30)26-20(17)14-6-8-15(23)9-7-14/h3-12,20H,1-2H3,(H,24,27)(H,25,29)(H,26,30)/t20-/m0/s1. The fourth-order valence-corrected chi connectivity index (χ4v) is 3.42. The number of H-pyrrole nitrogens is 1. The van der Waals surface area contributed by atoms with Crippen molar-refractivity contribution in [3.63, 3.8) is 0 Å². The molecule has 0 spiro atoms. The molecule has 7 nitrogen and oxygen atoms in total. The normalized spacial score (nSPS) is 16.1. The van der Waals surface area contributed by atoms with Crippen LogP contribution >= 0.6 is 0 Å². The van der Waals surface area contributed by atoms with E-state index in [9.17, 15) is 14.0 Å². The maximum Gasteiger partial charge on any atom is 0.321 e. The van der Waals surface area contributed by atoms with Crippen molar-refractivity contribution in [3.05, 3.63) is 83.4 Å². The zero-order valence-corrected chi connectivity index (χ0v) is 16.4. The number of benzene rings is 2. The van der Waals surface area contributed by atoms with Crippen molar-refractivity contribution in [2.45, 2.75) is 13.0 Å². The summed E-state index contributed by atoms with van der Waals surface area (Å²) in [5.74, 6) is -0.750. The molecule has 0 saturated heterocycles. The fourth-order valence-electron chi connectivity index (χ4n) is 3.42. The minimum Gasteiger partial charge on any atom is -0.327 e. The zero-order chi connectivity index (χ0) is 21.3. The van der Waals surface area contributed by atoms with Crippen molar-refractivity contribution in [1.29, 1.82) is 0 Å². The lowest BCUT2D eigenvalue weighted by Gasteiger charge is -2.30. The number of halogens is 1. The van der Waals surface area contributed by atoms with Crippen molar-refractivity contribution in [2.75, 3.05) is 12.4 Å². The predicted octanol–water partition coefficient (Wildman–Crippen LogP) is 3.74. The maximum atomic E-state index is 13.3. The van der Waals surface area contributed by atoms with Gasteiger partial charge in [-0.15, -0.1) is 0 Å². The van der Waals surface area contributed by atoms with E-state index in [2.05, 4.69) is 20.8 Å². The largest absolute Gasteiger partial charge is 0.327 e. The number of rotatable bonds is 4. The molecule has 0 fully saturated rings. The van der Waals surface area contributed by atoms with Gasteiger partial charge in [-0.1, -0.05) is 24.3 Å². The highest BCUT2D eigenvalue weighted by molar-refractivity contribution is 6.06. The van der Waals surface area contributed by atoms with Crippen LogP contribution in [-0.2, 0) is 4.79 Å². The minimum absolute atomic E-state index is 0.343. The molecule has 1 aliphatic heterocycles. The lowest BCUT2D eigenvalue weighted by molar-refractivity contribution is -0.113. The molecule has 0 aliphatic carbocycles. The van der Waals surface area contributed by atoms with Crippen LogP contribution in [0.4, 0.5) is 14.9 Å². The Morgan fingerprint density at radius 2 is 1.93 bits per heavy atom. The van der Waals surface area contributed by atoms with Gasteiger partial charge in [-0.2, -0.15) is 5.10 Å². The third kappa shape index (κ3) is 3.67. The molecule has 1 aliphatic rings. The van der Waals surface area contributed by atoms with E-state index in [1.807, 2.05) is 31.2 Å². The summed E-state index contributed by atoms with van der Waals surface area (Å²) in [5, 5.41) is 12.6. The highest BCUT2D eigenvalue weighted by Gasteiger charge is 2.30. The number of hydrogen-bond acceptors (Lipinski definition) is 3. The summed E-state index contributed by atoms with van der Waals surface area (Å²) < 4.78 is 13.3. The Kier molecular flexibility index (Phi) is 5.05. The second kappa shape index (κ2) is 7.82. The summed E-state index contributed by atoms with van der Waals surface area (Å²) in [6.07, 6.45) is 3.16. The second-order valence-corrected chi connectivity index (χ2v) is 7.03. The Labute approximate surface area is 172 Å². The summed E-state index contributed by atoms with van der Waals surface area (Å²) in [6.45, 7) is 1.91. The van der Waals surface area contributed by atoms with Crippen LogP contribution < -0.4 is 10.6 Å². The summed E-state index contributed by atoms with van der Waals surface area (Å²) in [7, 11) is 1.56. The van der Waals surface area contributed by atoms with Gasteiger partial charge in [0.1, 0.15) is 5.82 Å². The van der Waals surface area contributed by atoms with Crippen LogP contribution in [0, 0.1) is 12.7 Å². The Morgan fingerprint density at radius 3 is 2.63 bits per heavy atom. The number of carbonyl (C=O) groups is 2. The first-order valence-electron chi connectivity index (χ1n) is 9.35. The average Bonchev–Trinajstić information content (AvgIpc) is 3.26. The molecule has 2 heterocycles. The molecular weight excluding hydrogens is 385 g/mol. The van der Waals surface area contributed by atoms with Crippen LogP contribution in [0.5, 0.6) is 0 Å². The van der Waals surface area contributed by atoms with Crippen molar-refractivity contribution < 1.29 is 14.0 Å². The molecule has 0 unspecified atom stereocenters. The number of nitrogens with zero attached hydrogens (tertiary/aromatic N) is 2. The van der Waals surface area contributed by atoms with Crippen LogP contribution in [0.2, 0.25) is 0 Å². The smallest absolute Gasteiger partial charge is 0.321 e. The zero-order valence-electron chi connectivity index (χ0n) is 16.4. The van der Waals surface area contributed by atoms with E-state index in [1.54, 1.807) is 25.4 Å². The van der Waals surface area contributed by atoms with Gasteiger partial charge in [-0.25, -0.2) is 9.18 Å². The Morgan fingerprint density at radius 1 is 1.17 bits per heavy atom. The van der Waals surface area contributed by atoms with E-state index in [0.717, 1.165) is 16.8 Å². The lowest BCUT2D eigenvalue weighted by Crippen LogP contribution is -2.44. The topological polar surface area (TPSA) is 90.1 Å². The number of amides is 3. The molecule has 1 aromatic heterocycles. The van der Waals surface area contributed by atoms with Crippen molar-refractivity contribution in [2.24, 2.45) is 0 Å². The monoisotopic (exact) mass is 405 g/mol. The van der Waals surface area contributed by atoms with Gasteiger partial charge < -0.3 is 15.5 Å². The van der Waals surface area contributed by atoms with Gasteiger partial charge in [0, 0.05) is 30.7 Å². The number of carbonyl (C=O) groups excluding carboxylic acids is 2. The van der Waals surface area contributed by atoms with E-state index in [0.29, 0.717) is 16.8 Å². The van der Waals surface area contributed by atoms with Gasteiger partial charge in [-0.3, -0.25) is 9.89 Å². The molecule has 4 rings (SSSR count). The number of anilines is 1. The maximum absolute atomic E-state index is 13.3. The van der Waals surface area contributed by atoms with Crippen molar-refractivity contribution >= 4 is 17.6 Å². The Balaban J connectivity index is 1.66. The van der Waals surface area contributed by atoms with Gasteiger partial charge in [0.05, 0.1) is 17.3 Å². The molecule has 3 amide bonds. The Bertz CT molecular complexity index is 1120. The third-order valence-corrected chi connectivity index (χ3v) is 5.07. The number of hydrogen-bond donors (Lipinski definition) is 3. The number of urea groups is 1. The molecular formula is C22H20FN5O2. The quantitative estimate of drug-likeness (QED) is 0.618. The van der Waals surface area contributed by atoms with Crippen LogP contribution in [0.1, 0.15) is 17.2 Å². The molecule has 3 N–H and O–H groups in total. The molecule has 0 saturated carbocycles. The Hall–Kier alpha value is -3.94. The van der Waals surface area contributed by atoms with E-state index in [-0.39, 0.29) is 17.8 Å². The number of nitrogens with one attached hydrogen (secondary N) is 3. The fraction of sp³-hybridized carbons (Fsp3) is 0.136. The van der Waals surface area contributed by atoms with Crippen LogP contribution in [-0.4, -0.2) is 34.1 Å². The van der Waals surface area contributed by atoms with Gasteiger partial charge in [0.25, 0.3) is 5.91 Å². The first-order valence-corrected chi connectivity index (χ1v) is 9.35. The number of aromatic nitrogens is 2. The second-order valence-electron chi connectivity index (χ2n) is 7.03. The molecule has 1 atom stereocenters. The van der Waals surface area contributed by atoms with Gasteiger partial charge in [0.15, 0.2) is 0 Å². The lowest BCUT2D eigenvalue weighted by atomic mass is 9.96. The summed E-state index contributed by atoms with van der Waals surface area (Å²) in [5.41, 5.74) is 4.24. The SMILES string of the molecule is Cc1c(NC(=O)C2=CN(C)C(=O)N[C@H]2c2ccc(F)cc2)cccc1-c1ccn[nH]1. The summed E-state index contributed by atoms with van der Waals surface area (Å²) in [6, 6.07) is 12.1. The van der Waals surface area contributed by atoms with Crippen molar-refractivity contribution in [1.82, 2.24) is 20.4 Å². The van der Waals surface area contributed by atoms with Gasteiger partial charge in [0.2, 0.25) is 0 Å². The van der Waals surface area contributed by atoms with E-state index >= 15 is 0 Å². The molecule has 152 valence electrons. The highest BCUT2D eigenvalue weighted by Crippen LogP contribution is 2.30. The van der Waals surface area contributed by atoms with Crippen LogP contribution in [0.25, 0.3) is 11.3 Å². The molecule has 0 bridgehead atoms. The average molecular weight is 405 g/mol. The molecule has 30 heavy (non-hydrogen) atoms. The molecule has 3 aromatic rings. The minimum atomic E-state index is -0.689. The summed E-state index contributed by atoms with van der Waals surface area (Å²) in [4.78, 5) is 26.6. The first kappa shape index (κ1) is 19.4. The van der Waals surface area contributed by atoms with Crippen LogP contribution in [0.3, 0.4) is 0 Å². The first-order chi connectivity index (χ1) is 14.4. The molecule has 0 radical (unpaired) electrons. The number of aromatic amines is 1. The summed E-state index contributed by atoms with van der Waals surface area (Å²) >= 11 is 0. The highest BCUT2D eigenvalue weighted by atomic mass is 19.1. The van der Waals surface area contributed by atoms with E-state index < -0.39 is 6.04 Å². The molecule has 2 aromatic carbocycles. The van der Waals surface area contributed by atoms with E-state index in [1.165, 1.54) is 23.2 Å². The molecule has 8 heteroatoms. The van der Waals surface area contributed by atoms with Crippen molar-refractivity contribution in [3.8, 4) is 11.3 Å². The van der Waals surface area contributed by atoms with E-state index in [4.69, 9.17) is 0 Å². The predicted molar refractivity (Wildman–Crippen MR) is 111 cm³/mol.